The molecule has 31 heavy (non-hydrogen) atoms. The summed E-state index contributed by atoms with van der Waals surface area (Å²) >= 11 is 1.24. The Morgan fingerprint density at radius 2 is 1.84 bits per heavy atom. The zero-order valence-corrected chi connectivity index (χ0v) is 18.9. The number of hydrogen-bond acceptors (Lipinski definition) is 6. The number of methoxy groups -OCH3 is 2. The first-order valence-electron chi connectivity index (χ1n) is 9.46. The van der Waals surface area contributed by atoms with Gasteiger partial charge in [-0.1, -0.05) is 12.1 Å². The van der Waals surface area contributed by atoms with Gasteiger partial charge in [-0.2, -0.15) is 5.10 Å². The van der Waals surface area contributed by atoms with Crippen LogP contribution in [-0.4, -0.2) is 32.4 Å². The van der Waals surface area contributed by atoms with Crippen molar-refractivity contribution in [2.45, 2.75) is 23.4 Å². The van der Waals surface area contributed by atoms with E-state index in [0.717, 1.165) is 4.88 Å². The molecule has 9 heteroatoms. The van der Waals surface area contributed by atoms with E-state index in [1.807, 2.05) is 19.1 Å². The molecule has 0 unspecified atom stereocenters. The molecule has 2 aromatic heterocycles. The highest BCUT2D eigenvalue weighted by Gasteiger charge is 2.24. The normalized spacial score (nSPS) is 11.7. The SMILES string of the molecule is COc1ccc(Cn2nc(CS(=O)(=O)c3ccc(C)s3)c3c(OC)cccc32)cc1F. The third-order valence-corrected chi connectivity index (χ3v) is 8.14. The molecule has 2 heterocycles. The zero-order valence-electron chi connectivity index (χ0n) is 17.3. The Bertz CT molecular complexity index is 1360. The van der Waals surface area contributed by atoms with Gasteiger partial charge in [0, 0.05) is 4.88 Å². The van der Waals surface area contributed by atoms with Crippen molar-refractivity contribution >= 4 is 32.1 Å². The van der Waals surface area contributed by atoms with E-state index in [1.54, 1.807) is 35.0 Å². The van der Waals surface area contributed by atoms with Gasteiger partial charge in [0.2, 0.25) is 0 Å². The Kier molecular flexibility index (Phi) is 5.72. The maximum Gasteiger partial charge on any atom is 0.193 e. The summed E-state index contributed by atoms with van der Waals surface area (Å²) in [7, 11) is -0.630. The summed E-state index contributed by atoms with van der Waals surface area (Å²) in [4.78, 5) is 0.924. The Morgan fingerprint density at radius 1 is 1.06 bits per heavy atom. The van der Waals surface area contributed by atoms with Crippen molar-refractivity contribution in [3.63, 3.8) is 0 Å². The van der Waals surface area contributed by atoms with E-state index in [9.17, 15) is 12.8 Å². The van der Waals surface area contributed by atoms with Crippen LogP contribution in [0.15, 0.2) is 52.7 Å². The number of aromatic nitrogens is 2. The summed E-state index contributed by atoms with van der Waals surface area (Å²) in [6, 6.07) is 13.5. The van der Waals surface area contributed by atoms with E-state index in [-0.39, 0.29) is 18.0 Å². The fraction of sp³-hybridized carbons (Fsp3) is 0.227. The van der Waals surface area contributed by atoms with Gasteiger partial charge in [-0.05, 0) is 48.9 Å². The van der Waals surface area contributed by atoms with E-state index in [1.165, 1.54) is 31.6 Å². The third-order valence-electron chi connectivity index (χ3n) is 4.93. The molecular weight excluding hydrogens is 439 g/mol. The largest absolute Gasteiger partial charge is 0.496 e. The molecule has 162 valence electrons. The molecule has 0 saturated heterocycles. The van der Waals surface area contributed by atoms with Crippen molar-refractivity contribution < 1.29 is 22.3 Å². The van der Waals surface area contributed by atoms with Gasteiger partial charge >= 0.3 is 0 Å². The van der Waals surface area contributed by atoms with Crippen molar-refractivity contribution in [3.8, 4) is 11.5 Å². The number of halogens is 1. The van der Waals surface area contributed by atoms with Crippen molar-refractivity contribution in [1.82, 2.24) is 9.78 Å². The third kappa shape index (κ3) is 4.15. The second-order valence-corrected chi connectivity index (χ2v) is 10.6. The molecule has 2 aromatic carbocycles. The van der Waals surface area contributed by atoms with Crippen molar-refractivity contribution in [2.24, 2.45) is 0 Å². The molecule has 0 spiro atoms. The summed E-state index contributed by atoms with van der Waals surface area (Å²) in [6.07, 6.45) is 0. The minimum absolute atomic E-state index is 0.161. The lowest BCUT2D eigenvalue weighted by atomic mass is 10.2. The number of nitrogens with zero attached hydrogens (tertiary/aromatic N) is 2. The van der Waals surface area contributed by atoms with Gasteiger partial charge in [-0.3, -0.25) is 4.68 Å². The van der Waals surface area contributed by atoms with Crippen LogP contribution in [0.4, 0.5) is 4.39 Å². The molecule has 0 atom stereocenters. The molecule has 4 rings (SSSR count). The standard InChI is InChI=1S/C22H21FN2O4S2/c1-14-7-10-21(30-14)31(26,27)13-17-22-18(5-4-6-20(22)29-3)25(24-17)12-15-8-9-19(28-2)16(23)11-15/h4-11H,12-13H2,1-3H3. The van der Waals surface area contributed by atoms with Gasteiger partial charge in [-0.25, -0.2) is 12.8 Å². The number of thiophene rings is 1. The number of fused-ring (bicyclic) bond motifs is 1. The van der Waals surface area contributed by atoms with Crippen LogP contribution in [0.25, 0.3) is 10.9 Å². The quantitative estimate of drug-likeness (QED) is 0.404. The first kappa shape index (κ1) is 21.3. The summed E-state index contributed by atoms with van der Waals surface area (Å²) in [5.41, 5.74) is 1.78. The molecule has 0 aliphatic heterocycles. The first-order valence-corrected chi connectivity index (χ1v) is 11.9. The van der Waals surface area contributed by atoms with E-state index >= 15 is 0 Å². The minimum atomic E-state index is -3.57. The van der Waals surface area contributed by atoms with Crippen LogP contribution in [0, 0.1) is 12.7 Å². The van der Waals surface area contributed by atoms with Gasteiger partial charge in [0.05, 0.1) is 37.4 Å². The molecule has 0 fully saturated rings. The van der Waals surface area contributed by atoms with Crippen molar-refractivity contribution in [3.05, 3.63) is 70.5 Å². The maximum atomic E-state index is 14.2. The van der Waals surface area contributed by atoms with Crippen LogP contribution in [0.5, 0.6) is 11.5 Å². The number of benzene rings is 2. The predicted octanol–water partition coefficient (Wildman–Crippen LogP) is 4.58. The Balaban J connectivity index is 1.78. The monoisotopic (exact) mass is 460 g/mol. The molecule has 0 aliphatic rings. The highest BCUT2D eigenvalue weighted by atomic mass is 32.2. The highest BCUT2D eigenvalue weighted by molar-refractivity contribution is 7.92. The lowest BCUT2D eigenvalue weighted by molar-refractivity contribution is 0.386. The van der Waals surface area contributed by atoms with Crippen LogP contribution in [0.1, 0.15) is 16.1 Å². The van der Waals surface area contributed by atoms with Crippen molar-refractivity contribution in [1.29, 1.82) is 0 Å². The van der Waals surface area contributed by atoms with Crippen LogP contribution in [0.3, 0.4) is 0 Å². The average Bonchev–Trinajstić information content (AvgIpc) is 3.32. The van der Waals surface area contributed by atoms with E-state index in [4.69, 9.17) is 9.47 Å². The predicted molar refractivity (Wildman–Crippen MR) is 118 cm³/mol. The second-order valence-electron chi connectivity index (χ2n) is 7.05. The summed E-state index contributed by atoms with van der Waals surface area (Å²) in [5, 5.41) is 5.23. The number of sulfone groups is 1. The number of ether oxygens (including phenoxy) is 2. The molecular formula is C22H21FN2O4S2. The molecule has 0 amide bonds. The van der Waals surface area contributed by atoms with Gasteiger partial charge < -0.3 is 9.47 Å². The average molecular weight is 461 g/mol. The highest BCUT2D eigenvalue weighted by Crippen LogP contribution is 2.33. The summed E-state index contributed by atoms with van der Waals surface area (Å²) in [6.45, 7) is 2.13. The van der Waals surface area contributed by atoms with E-state index in [0.29, 0.717) is 32.1 Å². The van der Waals surface area contributed by atoms with Gasteiger partial charge in [-0.15, -0.1) is 11.3 Å². The molecule has 4 aromatic rings. The van der Waals surface area contributed by atoms with Crippen molar-refractivity contribution in [2.75, 3.05) is 14.2 Å². The van der Waals surface area contributed by atoms with Crippen LogP contribution < -0.4 is 9.47 Å². The van der Waals surface area contributed by atoms with E-state index in [2.05, 4.69) is 5.10 Å². The topological polar surface area (TPSA) is 70.4 Å². The smallest absolute Gasteiger partial charge is 0.193 e. The second kappa shape index (κ2) is 8.32. The van der Waals surface area contributed by atoms with E-state index < -0.39 is 15.7 Å². The molecule has 0 aliphatic carbocycles. The zero-order chi connectivity index (χ0) is 22.2. The molecule has 0 N–H and O–H groups in total. The number of aryl methyl sites for hydroxylation is 1. The molecule has 0 bridgehead atoms. The summed E-state index contributed by atoms with van der Waals surface area (Å²) < 4.78 is 52.6. The Hall–Kier alpha value is -2.91. The Morgan fingerprint density at radius 3 is 2.48 bits per heavy atom. The number of rotatable bonds is 7. The van der Waals surface area contributed by atoms with Gasteiger partial charge in [0.1, 0.15) is 15.7 Å². The summed E-state index contributed by atoms with van der Waals surface area (Å²) in [5.74, 6) is -0.0238. The maximum absolute atomic E-state index is 14.2. The number of hydrogen-bond donors (Lipinski definition) is 0. The fourth-order valence-electron chi connectivity index (χ4n) is 3.48. The van der Waals surface area contributed by atoms with Gasteiger partial charge in [0.15, 0.2) is 21.4 Å². The first-order chi connectivity index (χ1) is 14.8. The molecule has 6 nitrogen and oxygen atoms in total. The van der Waals surface area contributed by atoms with Crippen LogP contribution in [-0.2, 0) is 22.1 Å². The molecule has 0 saturated carbocycles. The van der Waals surface area contributed by atoms with Crippen LogP contribution in [0.2, 0.25) is 0 Å². The Labute approximate surface area is 183 Å². The van der Waals surface area contributed by atoms with Crippen LogP contribution >= 0.6 is 11.3 Å². The lowest BCUT2D eigenvalue weighted by Gasteiger charge is -2.07. The minimum Gasteiger partial charge on any atom is -0.496 e. The fourth-order valence-corrected chi connectivity index (χ4v) is 6.13. The lowest BCUT2D eigenvalue weighted by Crippen LogP contribution is -2.06. The van der Waals surface area contributed by atoms with Gasteiger partial charge in [0.25, 0.3) is 0 Å². The molecule has 0 radical (unpaired) electrons.